The first-order valence-electron chi connectivity index (χ1n) is 6.76. The van der Waals surface area contributed by atoms with Crippen LogP contribution in [-0.2, 0) is 11.3 Å². The van der Waals surface area contributed by atoms with Gasteiger partial charge in [-0.15, -0.1) is 0 Å². The van der Waals surface area contributed by atoms with Gasteiger partial charge in [-0.1, -0.05) is 0 Å². The van der Waals surface area contributed by atoms with Gasteiger partial charge in [0.1, 0.15) is 5.82 Å². The fourth-order valence-corrected chi connectivity index (χ4v) is 2.53. The molecule has 0 atom stereocenters. The molecule has 1 N–H and O–H groups in total. The zero-order chi connectivity index (χ0) is 14.5. The minimum Gasteiger partial charge on any atom is -0.354 e. The van der Waals surface area contributed by atoms with Gasteiger partial charge in [0, 0.05) is 38.2 Å². The van der Waals surface area contributed by atoms with Gasteiger partial charge in [0.05, 0.1) is 11.6 Å². The predicted octanol–water partition coefficient (Wildman–Crippen LogP) is 1.80. The second-order valence-corrected chi connectivity index (χ2v) is 5.17. The first-order chi connectivity index (χ1) is 9.58. The zero-order valence-electron chi connectivity index (χ0n) is 11.5. The van der Waals surface area contributed by atoms with E-state index >= 15 is 0 Å². The van der Waals surface area contributed by atoms with Crippen molar-refractivity contribution >= 4 is 5.91 Å². The van der Waals surface area contributed by atoms with E-state index in [0.29, 0.717) is 17.7 Å². The number of carbonyl (C=O) groups excluding carboxylic acids is 1. The van der Waals surface area contributed by atoms with E-state index < -0.39 is 0 Å². The molecule has 0 spiro atoms. The standard InChI is InChI=1S/C15H18FN3O/c1-11(20)18-14-4-6-19(7-5-14)10-13-8-12(9-17)2-3-15(13)16/h2-3,8,14H,4-7,10H2,1H3,(H,18,20). The quantitative estimate of drug-likeness (QED) is 0.915. The number of hydrogen-bond donors (Lipinski definition) is 1. The third-order valence-corrected chi connectivity index (χ3v) is 3.56. The maximum absolute atomic E-state index is 13.7. The van der Waals surface area contributed by atoms with Gasteiger partial charge in [-0.05, 0) is 31.0 Å². The highest BCUT2D eigenvalue weighted by Gasteiger charge is 2.20. The van der Waals surface area contributed by atoms with Gasteiger partial charge in [-0.2, -0.15) is 5.26 Å². The molecule has 1 saturated heterocycles. The van der Waals surface area contributed by atoms with Crippen LogP contribution < -0.4 is 5.32 Å². The van der Waals surface area contributed by atoms with Crippen LogP contribution in [0.4, 0.5) is 4.39 Å². The fraction of sp³-hybridized carbons (Fsp3) is 0.467. The molecule has 0 aliphatic carbocycles. The van der Waals surface area contributed by atoms with E-state index in [1.54, 1.807) is 6.07 Å². The maximum Gasteiger partial charge on any atom is 0.217 e. The molecule has 0 unspecified atom stereocenters. The fourth-order valence-electron chi connectivity index (χ4n) is 2.53. The molecule has 106 valence electrons. The van der Waals surface area contributed by atoms with E-state index in [4.69, 9.17) is 5.26 Å². The molecule has 2 rings (SSSR count). The molecule has 0 saturated carbocycles. The van der Waals surface area contributed by atoms with Crippen LogP contribution in [0.1, 0.15) is 30.9 Å². The van der Waals surface area contributed by atoms with Crippen molar-refractivity contribution in [3.8, 4) is 6.07 Å². The number of benzene rings is 1. The average Bonchev–Trinajstić information content (AvgIpc) is 2.43. The topological polar surface area (TPSA) is 56.1 Å². The number of halogens is 1. The Morgan fingerprint density at radius 3 is 2.80 bits per heavy atom. The van der Waals surface area contributed by atoms with Crippen LogP contribution >= 0.6 is 0 Å². The summed E-state index contributed by atoms with van der Waals surface area (Å²) in [6, 6.07) is 6.69. The van der Waals surface area contributed by atoms with E-state index in [2.05, 4.69) is 10.2 Å². The van der Waals surface area contributed by atoms with Crippen molar-refractivity contribution in [1.29, 1.82) is 5.26 Å². The number of rotatable bonds is 3. The summed E-state index contributed by atoms with van der Waals surface area (Å²) in [5.74, 6) is -0.274. The Morgan fingerprint density at radius 2 is 2.20 bits per heavy atom. The summed E-state index contributed by atoms with van der Waals surface area (Å²) in [5, 5.41) is 11.8. The lowest BCUT2D eigenvalue weighted by molar-refractivity contribution is -0.119. The lowest BCUT2D eigenvalue weighted by Crippen LogP contribution is -2.43. The monoisotopic (exact) mass is 275 g/mol. The van der Waals surface area contributed by atoms with Crippen molar-refractivity contribution in [2.45, 2.75) is 32.4 Å². The Bertz CT molecular complexity index is 530. The molecule has 1 aromatic carbocycles. The van der Waals surface area contributed by atoms with Gasteiger partial charge in [-0.25, -0.2) is 4.39 Å². The number of carbonyl (C=O) groups is 1. The van der Waals surface area contributed by atoms with Gasteiger partial charge in [0.25, 0.3) is 0 Å². The summed E-state index contributed by atoms with van der Waals surface area (Å²) in [7, 11) is 0. The predicted molar refractivity (Wildman–Crippen MR) is 73.2 cm³/mol. The first-order valence-corrected chi connectivity index (χ1v) is 6.76. The van der Waals surface area contributed by atoms with Crippen LogP contribution in [0, 0.1) is 17.1 Å². The molecule has 20 heavy (non-hydrogen) atoms. The second-order valence-electron chi connectivity index (χ2n) is 5.17. The molecule has 1 heterocycles. The zero-order valence-corrected chi connectivity index (χ0v) is 11.5. The number of nitrogens with one attached hydrogen (secondary N) is 1. The van der Waals surface area contributed by atoms with E-state index in [1.165, 1.54) is 19.1 Å². The molecule has 0 aromatic heterocycles. The molecular weight excluding hydrogens is 257 g/mol. The Kier molecular flexibility index (Phi) is 4.70. The van der Waals surface area contributed by atoms with Crippen molar-refractivity contribution in [3.05, 3.63) is 35.1 Å². The third-order valence-electron chi connectivity index (χ3n) is 3.56. The van der Waals surface area contributed by atoms with Crippen molar-refractivity contribution in [3.63, 3.8) is 0 Å². The smallest absolute Gasteiger partial charge is 0.217 e. The van der Waals surface area contributed by atoms with Crippen LogP contribution in [-0.4, -0.2) is 29.9 Å². The minimum atomic E-state index is -0.270. The molecule has 1 aliphatic heterocycles. The maximum atomic E-state index is 13.7. The summed E-state index contributed by atoms with van der Waals surface area (Å²) in [6.07, 6.45) is 1.75. The molecule has 1 aliphatic rings. The van der Waals surface area contributed by atoms with Gasteiger partial charge in [0.15, 0.2) is 0 Å². The SMILES string of the molecule is CC(=O)NC1CCN(Cc2cc(C#N)ccc2F)CC1. The van der Waals surface area contributed by atoms with E-state index in [1.807, 2.05) is 6.07 Å². The lowest BCUT2D eigenvalue weighted by Gasteiger charge is -2.32. The van der Waals surface area contributed by atoms with Crippen LogP contribution in [0.2, 0.25) is 0 Å². The van der Waals surface area contributed by atoms with Gasteiger partial charge in [0.2, 0.25) is 5.91 Å². The molecule has 1 amide bonds. The van der Waals surface area contributed by atoms with E-state index in [9.17, 15) is 9.18 Å². The summed E-state index contributed by atoms with van der Waals surface area (Å²) in [5.41, 5.74) is 1.04. The summed E-state index contributed by atoms with van der Waals surface area (Å²) >= 11 is 0. The van der Waals surface area contributed by atoms with Crippen LogP contribution in [0.5, 0.6) is 0 Å². The molecule has 4 nitrogen and oxygen atoms in total. The number of nitrogens with zero attached hydrogens (tertiary/aromatic N) is 2. The van der Waals surface area contributed by atoms with Gasteiger partial charge in [-0.3, -0.25) is 9.69 Å². The minimum absolute atomic E-state index is 0.00350. The Hall–Kier alpha value is -1.93. The third kappa shape index (κ3) is 3.78. The highest BCUT2D eigenvalue weighted by Crippen LogP contribution is 2.17. The van der Waals surface area contributed by atoms with E-state index in [0.717, 1.165) is 25.9 Å². The second kappa shape index (κ2) is 6.49. The summed E-state index contributed by atoms with van der Waals surface area (Å²) in [4.78, 5) is 13.1. The summed E-state index contributed by atoms with van der Waals surface area (Å²) < 4.78 is 13.7. The Balaban J connectivity index is 1.93. The van der Waals surface area contributed by atoms with Crippen molar-refractivity contribution in [1.82, 2.24) is 10.2 Å². The van der Waals surface area contributed by atoms with Crippen LogP contribution in [0.3, 0.4) is 0 Å². The molecule has 0 bridgehead atoms. The lowest BCUT2D eigenvalue weighted by atomic mass is 10.0. The van der Waals surface area contributed by atoms with Crippen molar-refractivity contribution in [2.75, 3.05) is 13.1 Å². The Morgan fingerprint density at radius 1 is 1.50 bits per heavy atom. The molecular formula is C15H18FN3O. The average molecular weight is 275 g/mol. The molecule has 0 radical (unpaired) electrons. The van der Waals surface area contributed by atoms with Crippen molar-refractivity contribution < 1.29 is 9.18 Å². The Labute approximate surface area is 118 Å². The number of likely N-dealkylation sites (tertiary alicyclic amines) is 1. The molecule has 1 fully saturated rings. The number of amides is 1. The van der Waals surface area contributed by atoms with Gasteiger partial charge >= 0.3 is 0 Å². The molecule has 5 heteroatoms. The summed E-state index contributed by atoms with van der Waals surface area (Å²) in [6.45, 7) is 3.67. The van der Waals surface area contributed by atoms with Gasteiger partial charge < -0.3 is 5.32 Å². The van der Waals surface area contributed by atoms with Crippen molar-refractivity contribution in [2.24, 2.45) is 0 Å². The highest BCUT2D eigenvalue weighted by atomic mass is 19.1. The van der Waals surface area contributed by atoms with Crippen LogP contribution in [0.25, 0.3) is 0 Å². The van der Waals surface area contributed by atoms with Crippen LogP contribution in [0.15, 0.2) is 18.2 Å². The van der Waals surface area contributed by atoms with E-state index in [-0.39, 0.29) is 17.8 Å². The highest BCUT2D eigenvalue weighted by molar-refractivity contribution is 5.73. The first kappa shape index (κ1) is 14.5. The number of hydrogen-bond acceptors (Lipinski definition) is 3. The number of piperidine rings is 1. The molecule has 1 aromatic rings. The normalized spacial score (nSPS) is 16.6. The number of nitriles is 1. The largest absolute Gasteiger partial charge is 0.354 e.